The number of piperidine rings is 1. The molecule has 1 aliphatic heterocycles. The molecule has 1 atom stereocenters. The van der Waals surface area contributed by atoms with Gasteiger partial charge in [0.15, 0.2) is 5.65 Å². The molecule has 1 aliphatic rings. The molecule has 5 nitrogen and oxygen atoms in total. The van der Waals surface area contributed by atoms with Gasteiger partial charge in [-0.2, -0.15) is 0 Å². The summed E-state index contributed by atoms with van der Waals surface area (Å²) in [6.45, 7) is 2.90. The van der Waals surface area contributed by atoms with Gasteiger partial charge in [0.2, 0.25) is 0 Å². The Morgan fingerprint density at radius 2 is 2.11 bits per heavy atom. The molecule has 3 heterocycles. The van der Waals surface area contributed by atoms with Gasteiger partial charge in [-0.05, 0) is 38.4 Å². The maximum atomic E-state index is 5.88. The van der Waals surface area contributed by atoms with Crippen LogP contribution in [0.2, 0.25) is 0 Å². The van der Waals surface area contributed by atoms with Crippen LogP contribution in [0, 0.1) is 6.92 Å². The lowest BCUT2D eigenvalue weighted by atomic mass is 10.0. The van der Waals surface area contributed by atoms with Gasteiger partial charge in [-0.15, -0.1) is 0 Å². The molecule has 0 saturated carbocycles. The molecule has 2 aromatic rings. The Labute approximate surface area is 106 Å². The van der Waals surface area contributed by atoms with Crippen LogP contribution in [0.3, 0.4) is 0 Å². The van der Waals surface area contributed by atoms with Crippen molar-refractivity contribution in [2.45, 2.75) is 32.2 Å². The first-order valence-electron chi connectivity index (χ1n) is 6.38. The standard InChI is InChI=1S/C13H17N5/c1-8-16-12(14)9-5-6-11(18-13(9)17-8)10-4-2-3-7-15-10/h5-6,10,15H,2-4,7H2,1H3,(H2,14,16,17,18)/t10-/m0/s1. The van der Waals surface area contributed by atoms with Gasteiger partial charge >= 0.3 is 0 Å². The molecule has 2 aromatic heterocycles. The first-order valence-corrected chi connectivity index (χ1v) is 6.38. The molecule has 1 saturated heterocycles. The quantitative estimate of drug-likeness (QED) is 0.797. The van der Waals surface area contributed by atoms with E-state index in [-0.39, 0.29) is 0 Å². The molecule has 0 aliphatic carbocycles. The number of hydrogen-bond acceptors (Lipinski definition) is 5. The minimum Gasteiger partial charge on any atom is -0.383 e. The van der Waals surface area contributed by atoms with Crippen LogP contribution in [0.5, 0.6) is 0 Å². The third kappa shape index (κ3) is 2.01. The summed E-state index contributed by atoms with van der Waals surface area (Å²) in [5.74, 6) is 1.18. The van der Waals surface area contributed by atoms with Crippen LogP contribution in [0.1, 0.15) is 36.8 Å². The number of hydrogen-bond donors (Lipinski definition) is 2. The van der Waals surface area contributed by atoms with Crippen molar-refractivity contribution in [1.82, 2.24) is 20.3 Å². The molecule has 3 rings (SSSR count). The van der Waals surface area contributed by atoms with Crippen LogP contribution >= 0.6 is 0 Å². The molecule has 1 fully saturated rings. The summed E-state index contributed by atoms with van der Waals surface area (Å²) in [7, 11) is 0. The first-order chi connectivity index (χ1) is 8.74. The topological polar surface area (TPSA) is 76.7 Å². The molecule has 0 aromatic carbocycles. The van der Waals surface area contributed by atoms with E-state index < -0.39 is 0 Å². The zero-order valence-electron chi connectivity index (χ0n) is 10.5. The lowest BCUT2D eigenvalue weighted by Gasteiger charge is -2.23. The van der Waals surface area contributed by atoms with E-state index in [0.29, 0.717) is 23.3 Å². The Bertz CT molecular complexity index is 575. The molecule has 5 heteroatoms. The summed E-state index contributed by atoms with van der Waals surface area (Å²) in [6, 6.07) is 4.35. The number of rotatable bonds is 1. The van der Waals surface area contributed by atoms with Crippen molar-refractivity contribution in [2.24, 2.45) is 0 Å². The van der Waals surface area contributed by atoms with E-state index in [2.05, 4.69) is 20.3 Å². The lowest BCUT2D eigenvalue weighted by molar-refractivity contribution is 0.406. The van der Waals surface area contributed by atoms with Gasteiger partial charge in [-0.1, -0.05) is 6.42 Å². The molecule has 94 valence electrons. The van der Waals surface area contributed by atoms with E-state index in [1.807, 2.05) is 19.1 Å². The average Bonchev–Trinajstić information content (AvgIpc) is 2.39. The van der Waals surface area contributed by atoms with Crippen molar-refractivity contribution >= 4 is 16.9 Å². The van der Waals surface area contributed by atoms with E-state index in [0.717, 1.165) is 24.0 Å². The van der Waals surface area contributed by atoms with Gasteiger partial charge in [0.25, 0.3) is 0 Å². The van der Waals surface area contributed by atoms with Gasteiger partial charge in [0.05, 0.1) is 11.1 Å². The normalized spacial score (nSPS) is 20.2. The summed E-state index contributed by atoms with van der Waals surface area (Å²) >= 11 is 0. The van der Waals surface area contributed by atoms with Crippen molar-refractivity contribution < 1.29 is 0 Å². The van der Waals surface area contributed by atoms with Crippen LogP contribution in [-0.2, 0) is 0 Å². The van der Waals surface area contributed by atoms with Crippen LogP contribution < -0.4 is 11.1 Å². The highest BCUT2D eigenvalue weighted by Gasteiger charge is 2.16. The molecule has 0 unspecified atom stereocenters. The minimum atomic E-state index is 0.347. The van der Waals surface area contributed by atoms with Crippen LogP contribution in [-0.4, -0.2) is 21.5 Å². The summed E-state index contributed by atoms with van der Waals surface area (Å²) in [5, 5.41) is 4.33. The second kappa shape index (κ2) is 4.49. The third-order valence-electron chi connectivity index (χ3n) is 3.39. The minimum absolute atomic E-state index is 0.347. The van der Waals surface area contributed by atoms with E-state index >= 15 is 0 Å². The van der Waals surface area contributed by atoms with E-state index in [9.17, 15) is 0 Å². The Morgan fingerprint density at radius 3 is 2.89 bits per heavy atom. The Morgan fingerprint density at radius 1 is 1.22 bits per heavy atom. The van der Waals surface area contributed by atoms with Crippen LogP contribution in [0.15, 0.2) is 12.1 Å². The van der Waals surface area contributed by atoms with Crippen molar-refractivity contribution in [1.29, 1.82) is 0 Å². The first kappa shape index (κ1) is 11.3. The van der Waals surface area contributed by atoms with Gasteiger partial charge in [0, 0.05) is 6.04 Å². The largest absolute Gasteiger partial charge is 0.383 e. The smallest absolute Gasteiger partial charge is 0.165 e. The van der Waals surface area contributed by atoms with E-state index in [1.54, 1.807) is 0 Å². The summed E-state index contributed by atoms with van der Waals surface area (Å²) in [6.07, 6.45) is 3.64. The maximum absolute atomic E-state index is 5.88. The molecular weight excluding hydrogens is 226 g/mol. The molecule has 0 radical (unpaired) electrons. The molecule has 0 bridgehead atoms. The highest BCUT2D eigenvalue weighted by atomic mass is 15.0. The van der Waals surface area contributed by atoms with Crippen molar-refractivity contribution in [3.8, 4) is 0 Å². The second-order valence-corrected chi connectivity index (χ2v) is 4.77. The van der Waals surface area contributed by atoms with Gasteiger partial charge < -0.3 is 11.1 Å². The van der Waals surface area contributed by atoms with Crippen molar-refractivity contribution in [3.63, 3.8) is 0 Å². The molecule has 0 spiro atoms. The molecule has 18 heavy (non-hydrogen) atoms. The Kier molecular flexibility index (Phi) is 2.83. The number of anilines is 1. The maximum Gasteiger partial charge on any atom is 0.165 e. The Hall–Kier alpha value is -1.75. The Balaban J connectivity index is 2.04. The highest BCUT2D eigenvalue weighted by Crippen LogP contribution is 2.24. The van der Waals surface area contributed by atoms with Gasteiger partial charge in [0.1, 0.15) is 11.6 Å². The second-order valence-electron chi connectivity index (χ2n) is 4.77. The number of fused-ring (bicyclic) bond motifs is 1. The lowest BCUT2D eigenvalue weighted by Crippen LogP contribution is -2.27. The van der Waals surface area contributed by atoms with Gasteiger partial charge in [-0.3, -0.25) is 0 Å². The monoisotopic (exact) mass is 243 g/mol. The molecule has 0 amide bonds. The van der Waals surface area contributed by atoms with Crippen molar-refractivity contribution in [2.75, 3.05) is 12.3 Å². The summed E-state index contributed by atoms with van der Waals surface area (Å²) < 4.78 is 0. The third-order valence-corrected chi connectivity index (χ3v) is 3.39. The number of aryl methyl sites for hydroxylation is 1. The number of nitrogens with zero attached hydrogens (tertiary/aromatic N) is 3. The predicted octanol–water partition coefficient (Wildman–Crippen LogP) is 1.73. The average molecular weight is 243 g/mol. The van der Waals surface area contributed by atoms with Crippen LogP contribution in [0.4, 0.5) is 5.82 Å². The number of pyridine rings is 1. The summed E-state index contributed by atoms with van der Waals surface area (Å²) in [5.41, 5.74) is 7.63. The van der Waals surface area contributed by atoms with Crippen molar-refractivity contribution in [3.05, 3.63) is 23.7 Å². The number of nitrogen functional groups attached to an aromatic ring is 1. The fraction of sp³-hybridized carbons (Fsp3) is 0.462. The van der Waals surface area contributed by atoms with E-state index in [4.69, 9.17) is 5.73 Å². The zero-order valence-corrected chi connectivity index (χ0v) is 10.5. The van der Waals surface area contributed by atoms with Gasteiger partial charge in [-0.25, -0.2) is 15.0 Å². The highest BCUT2D eigenvalue weighted by molar-refractivity contribution is 5.85. The zero-order chi connectivity index (χ0) is 12.5. The fourth-order valence-electron chi connectivity index (χ4n) is 2.46. The summed E-state index contributed by atoms with van der Waals surface area (Å²) in [4.78, 5) is 13.1. The number of aromatic nitrogens is 3. The fourth-order valence-corrected chi connectivity index (χ4v) is 2.46. The number of nitrogens with two attached hydrogens (primary N) is 1. The predicted molar refractivity (Wildman–Crippen MR) is 71.1 cm³/mol. The number of nitrogens with one attached hydrogen (secondary N) is 1. The SMILES string of the molecule is Cc1nc(N)c2ccc([C@@H]3CCCCN3)nc2n1. The van der Waals surface area contributed by atoms with Crippen LogP contribution in [0.25, 0.3) is 11.0 Å². The van der Waals surface area contributed by atoms with E-state index in [1.165, 1.54) is 12.8 Å². The molecule has 3 N–H and O–H groups in total. The molecular formula is C13H17N5.